The fourth-order valence-corrected chi connectivity index (χ4v) is 2.25. The van der Waals surface area contributed by atoms with E-state index >= 15 is 0 Å². The first-order chi connectivity index (χ1) is 10.9. The summed E-state index contributed by atoms with van der Waals surface area (Å²) in [5.74, 6) is -2.84. The molecule has 0 atom stereocenters. The van der Waals surface area contributed by atoms with Gasteiger partial charge in [0.1, 0.15) is 5.82 Å². The lowest BCUT2D eigenvalue weighted by Crippen LogP contribution is -2.13. The Morgan fingerprint density at radius 2 is 1.91 bits per heavy atom. The second-order valence-corrected chi connectivity index (χ2v) is 4.97. The summed E-state index contributed by atoms with van der Waals surface area (Å²) in [4.78, 5) is 29.7. The molecule has 0 radical (unpaired) electrons. The third-order valence-electron chi connectivity index (χ3n) is 3.36. The van der Waals surface area contributed by atoms with Crippen LogP contribution < -0.4 is 5.56 Å². The van der Waals surface area contributed by atoms with Gasteiger partial charge in [-0.2, -0.15) is 0 Å². The number of fused-ring (bicyclic) bond motifs is 1. The summed E-state index contributed by atoms with van der Waals surface area (Å²) < 4.78 is 26.1. The molecule has 3 rings (SSSR count). The molecule has 23 heavy (non-hydrogen) atoms. The van der Waals surface area contributed by atoms with Gasteiger partial charge in [-0.3, -0.25) is 4.79 Å². The maximum Gasteiger partial charge on any atom is 0.335 e. The van der Waals surface area contributed by atoms with Gasteiger partial charge in [0.05, 0.1) is 16.5 Å². The highest BCUT2D eigenvalue weighted by Gasteiger charge is 2.10. The SMILES string of the molecule is O=C(O)c1ccc2c(=O)[nH]c(Cc3ccc(F)c(F)c3)nc2c1. The molecule has 2 N–H and O–H groups in total. The molecule has 1 heterocycles. The molecule has 0 unspecified atom stereocenters. The van der Waals surface area contributed by atoms with Crippen molar-refractivity contribution in [3.63, 3.8) is 0 Å². The van der Waals surface area contributed by atoms with Crippen molar-refractivity contribution in [3.8, 4) is 0 Å². The number of benzene rings is 2. The second kappa shape index (κ2) is 5.60. The Balaban J connectivity index is 2.05. The molecule has 0 saturated heterocycles. The van der Waals surface area contributed by atoms with E-state index in [1.807, 2.05) is 0 Å². The van der Waals surface area contributed by atoms with Gasteiger partial charge in [-0.05, 0) is 35.9 Å². The molecule has 5 nitrogen and oxygen atoms in total. The van der Waals surface area contributed by atoms with Gasteiger partial charge in [-0.15, -0.1) is 0 Å². The first kappa shape index (κ1) is 14.8. The van der Waals surface area contributed by atoms with Gasteiger partial charge in [0, 0.05) is 6.42 Å². The summed E-state index contributed by atoms with van der Waals surface area (Å²) in [6.07, 6.45) is 0.0830. The van der Waals surface area contributed by atoms with E-state index in [1.165, 1.54) is 24.3 Å². The quantitative estimate of drug-likeness (QED) is 0.777. The average Bonchev–Trinajstić information content (AvgIpc) is 2.50. The lowest BCUT2D eigenvalue weighted by atomic mass is 10.1. The lowest BCUT2D eigenvalue weighted by molar-refractivity contribution is 0.0697. The van der Waals surface area contributed by atoms with E-state index in [2.05, 4.69) is 9.97 Å². The molecular formula is C16H10F2N2O3. The van der Waals surface area contributed by atoms with Crippen molar-refractivity contribution in [2.24, 2.45) is 0 Å². The number of rotatable bonds is 3. The van der Waals surface area contributed by atoms with Crippen molar-refractivity contribution in [1.82, 2.24) is 9.97 Å². The number of aromatic nitrogens is 2. The predicted octanol–water partition coefficient (Wildman–Crippen LogP) is 2.49. The molecule has 1 aromatic heterocycles. The number of hydrogen-bond acceptors (Lipinski definition) is 3. The Morgan fingerprint density at radius 3 is 2.61 bits per heavy atom. The monoisotopic (exact) mass is 316 g/mol. The molecule has 0 aliphatic rings. The first-order valence-corrected chi connectivity index (χ1v) is 6.64. The summed E-state index contributed by atoms with van der Waals surface area (Å²) in [5, 5.41) is 9.24. The average molecular weight is 316 g/mol. The number of nitrogens with one attached hydrogen (secondary N) is 1. The molecule has 0 spiro atoms. The topological polar surface area (TPSA) is 83.0 Å². The maximum absolute atomic E-state index is 13.2. The first-order valence-electron chi connectivity index (χ1n) is 6.64. The molecule has 0 saturated carbocycles. The van der Waals surface area contributed by atoms with E-state index in [1.54, 1.807) is 0 Å². The smallest absolute Gasteiger partial charge is 0.335 e. The van der Waals surface area contributed by atoms with E-state index < -0.39 is 23.2 Å². The van der Waals surface area contributed by atoms with Crippen LogP contribution >= 0.6 is 0 Å². The van der Waals surface area contributed by atoms with Crippen LogP contribution in [-0.4, -0.2) is 21.0 Å². The van der Waals surface area contributed by atoms with E-state index in [0.29, 0.717) is 5.56 Å². The summed E-state index contributed by atoms with van der Waals surface area (Å²) >= 11 is 0. The van der Waals surface area contributed by atoms with Gasteiger partial charge in [0.15, 0.2) is 11.6 Å². The molecule has 0 amide bonds. The largest absolute Gasteiger partial charge is 0.478 e. The van der Waals surface area contributed by atoms with Crippen LogP contribution in [-0.2, 0) is 6.42 Å². The Morgan fingerprint density at radius 1 is 1.13 bits per heavy atom. The summed E-state index contributed by atoms with van der Waals surface area (Å²) in [5.41, 5.74) is 0.242. The van der Waals surface area contributed by atoms with Gasteiger partial charge in [-0.1, -0.05) is 6.07 Å². The van der Waals surface area contributed by atoms with Gasteiger partial charge in [-0.25, -0.2) is 18.6 Å². The fourth-order valence-electron chi connectivity index (χ4n) is 2.25. The molecular weight excluding hydrogens is 306 g/mol. The van der Waals surface area contributed by atoms with E-state index in [4.69, 9.17) is 5.11 Å². The highest BCUT2D eigenvalue weighted by atomic mass is 19.2. The van der Waals surface area contributed by atoms with Crippen molar-refractivity contribution >= 4 is 16.9 Å². The number of carbonyl (C=O) groups is 1. The molecule has 0 aliphatic heterocycles. The van der Waals surface area contributed by atoms with Crippen LogP contribution in [0.1, 0.15) is 21.7 Å². The highest BCUT2D eigenvalue weighted by Crippen LogP contribution is 2.14. The number of nitrogens with zero attached hydrogens (tertiary/aromatic N) is 1. The minimum Gasteiger partial charge on any atom is -0.478 e. The third kappa shape index (κ3) is 2.94. The summed E-state index contributed by atoms with van der Waals surface area (Å²) in [6, 6.07) is 7.39. The number of H-pyrrole nitrogens is 1. The fraction of sp³-hybridized carbons (Fsp3) is 0.0625. The van der Waals surface area contributed by atoms with Crippen molar-refractivity contribution in [3.05, 3.63) is 75.3 Å². The summed E-state index contributed by atoms with van der Waals surface area (Å²) in [6.45, 7) is 0. The van der Waals surface area contributed by atoms with Crippen LogP contribution in [0.2, 0.25) is 0 Å². The van der Waals surface area contributed by atoms with Gasteiger partial charge in [0.25, 0.3) is 5.56 Å². The van der Waals surface area contributed by atoms with Crippen LogP contribution in [0.15, 0.2) is 41.2 Å². The molecule has 7 heteroatoms. The van der Waals surface area contributed by atoms with Crippen molar-refractivity contribution in [1.29, 1.82) is 0 Å². The van der Waals surface area contributed by atoms with Gasteiger partial charge >= 0.3 is 5.97 Å². The molecule has 0 fully saturated rings. The normalized spacial score (nSPS) is 10.9. The standard InChI is InChI=1S/C16H10F2N2O3/c17-11-4-1-8(5-12(11)18)6-14-19-13-7-9(16(22)23)2-3-10(13)15(21)20-14/h1-5,7H,6H2,(H,22,23)(H,19,20,21). The van der Waals surface area contributed by atoms with E-state index in [-0.39, 0.29) is 28.7 Å². The van der Waals surface area contributed by atoms with Crippen molar-refractivity contribution < 1.29 is 18.7 Å². The van der Waals surface area contributed by atoms with Gasteiger partial charge in [0.2, 0.25) is 0 Å². The third-order valence-corrected chi connectivity index (χ3v) is 3.36. The van der Waals surface area contributed by atoms with E-state index in [0.717, 1.165) is 12.1 Å². The Labute approximate surface area is 128 Å². The molecule has 0 aliphatic carbocycles. The Hall–Kier alpha value is -3.09. The van der Waals surface area contributed by atoms with E-state index in [9.17, 15) is 18.4 Å². The number of carboxylic acids is 1. The number of halogens is 2. The zero-order valence-electron chi connectivity index (χ0n) is 11.6. The Kier molecular flexibility index (Phi) is 3.61. The molecule has 3 aromatic rings. The van der Waals surface area contributed by atoms with Crippen LogP contribution in [0.5, 0.6) is 0 Å². The number of aromatic carboxylic acids is 1. The van der Waals surface area contributed by atoms with Crippen molar-refractivity contribution in [2.75, 3.05) is 0 Å². The maximum atomic E-state index is 13.2. The molecule has 0 bridgehead atoms. The number of hydrogen-bond donors (Lipinski definition) is 2. The minimum absolute atomic E-state index is 0.00868. The number of carboxylic acid groups (broad SMARTS) is 1. The summed E-state index contributed by atoms with van der Waals surface area (Å²) in [7, 11) is 0. The Bertz CT molecular complexity index is 983. The van der Waals surface area contributed by atoms with Crippen molar-refractivity contribution in [2.45, 2.75) is 6.42 Å². The second-order valence-electron chi connectivity index (χ2n) is 4.97. The van der Waals surface area contributed by atoms with Crippen LogP contribution in [0.4, 0.5) is 8.78 Å². The van der Waals surface area contributed by atoms with Crippen LogP contribution in [0.25, 0.3) is 10.9 Å². The predicted molar refractivity (Wildman–Crippen MR) is 78.5 cm³/mol. The minimum atomic E-state index is -1.13. The highest BCUT2D eigenvalue weighted by molar-refractivity contribution is 5.92. The zero-order chi connectivity index (χ0) is 16.6. The molecule has 2 aromatic carbocycles. The van der Waals surface area contributed by atoms with Crippen LogP contribution in [0, 0.1) is 11.6 Å². The molecule has 116 valence electrons. The van der Waals surface area contributed by atoms with Crippen LogP contribution in [0.3, 0.4) is 0 Å². The zero-order valence-corrected chi connectivity index (χ0v) is 11.6. The van der Waals surface area contributed by atoms with Gasteiger partial charge < -0.3 is 10.1 Å². The lowest BCUT2D eigenvalue weighted by Gasteiger charge is -2.05. The number of aromatic amines is 1.